The largest absolute Gasteiger partial charge is 0.484 e. The first-order chi connectivity index (χ1) is 14.8. The fourth-order valence-corrected chi connectivity index (χ4v) is 3.96. The van der Waals surface area contributed by atoms with Crippen molar-refractivity contribution >= 4 is 28.6 Å². The van der Waals surface area contributed by atoms with E-state index in [0.29, 0.717) is 43.9 Å². The van der Waals surface area contributed by atoms with E-state index in [1.807, 2.05) is 0 Å². The molecule has 0 aliphatic carbocycles. The summed E-state index contributed by atoms with van der Waals surface area (Å²) in [6.07, 6.45) is 1.68. The Hall–Kier alpha value is -2.98. The maximum Gasteiger partial charge on any atom is 0.258 e. The van der Waals surface area contributed by atoms with E-state index < -0.39 is 11.5 Å². The van der Waals surface area contributed by atoms with Crippen molar-refractivity contribution in [3.8, 4) is 5.75 Å². The summed E-state index contributed by atoms with van der Waals surface area (Å²) in [7, 11) is 1.77. The molecule has 0 bridgehead atoms. The number of nitrogens with one attached hydrogen (secondary N) is 2. The zero-order chi connectivity index (χ0) is 22.0. The topological polar surface area (TPSA) is 132 Å². The molecule has 166 valence electrons. The van der Waals surface area contributed by atoms with Gasteiger partial charge in [-0.2, -0.15) is 5.10 Å². The molecule has 0 spiro atoms. The van der Waals surface area contributed by atoms with Gasteiger partial charge in [-0.05, 0) is 18.6 Å². The van der Waals surface area contributed by atoms with E-state index in [9.17, 15) is 19.5 Å². The van der Waals surface area contributed by atoms with Crippen molar-refractivity contribution in [2.24, 2.45) is 7.05 Å². The lowest BCUT2D eigenvalue weighted by molar-refractivity contribution is -0.134. The average molecular weight is 430 g/mol. The minimum absolute atomic E-state index is 0.161. The van der Waals surface area contributed by atoms with Crippen LogP contribution < -0.4 is 15.4 Å². The first-order valence-electron chi connectivity index (χ1n) is 10.3. The van der Waals surface area contributed by atoms with Crippen LogP contribution in [0.2, 0.25) is 0 Å². The van der Waals surface area contributed by atoms with Crippen LogP contribution in [0.3, 0.4) is 0 Å². The summed E-state index contributed by atoms with van der Waals surface area (Å²) in [5, 5.41) is 20.8. The van der Waals surface area contributed by atoms with Gasteiger partial charge in [0.25, 0.3) is 5.91 Å². The third-order valence-electron chi connectivity index (χ3n) is 5.83. The van der Waals surface area contributed by atoms with Crippen molar-refractivity contribution in [2.45, 2.75) is 37.2 Å². The van der Waals surface area contributed by atoms with Crippen LogP contribution in [0.4, 0.5) is 0 Å². The van der Waals surface area contributed by atoms with E-state index in [2.05, 4.69) is 15.7 Å². The lowest BCUT2D eigenvalue weighted by Crippen LogP contribution is -2.47. The number of nitrogens with zero attached hydrogens (tertiary/aromatic N) is 2. The molecule has 1 atom stereocenters. The number of aliphatic hydroxyl groups is 1. The average Bonchev–Trinajstić information content (AvgIpc) is 3.07. The quantitative estimate of drug-likeness (QED) is 0.555. The van der Waals surface area contributed by atoms with Crippen LogP contribution in [-0.4, -0.2) is 64.6 Å². The maximum absolute atomic E-state index is 12.2. The molecule has 3 amide bonds. The molecule has 2 aliphatic rings. The number of fused-ring (bicyclic) bond motifs is 1. The minimum Gasteiger partial charge on any atom is -0.484 e. The second kappa shape index (κ2) is 8.64. The standard InChI is InChI=1S/C21H26N4O6/c1-25-16-10-13(31-11-18(27)22-12-21(29)6-8-30-9-7-21)2-3-14(16)19(24-25)15-4-5-17(26)23-20(15)28/h2-3,10,15,29H,4-9,11-12H2,1H3,(H,22,27)(H,23,26,28). The Balaban J connectivity index is 1.39. The summed E-state index contributed by atoms with van der Waals surface area (Å²) in [4.78, 5) is 35.8. The van der Waals surface area contributed by atoms with Crippen LogP contribution in [0, 0.1) is 0 Å². The van der Waals surface area contributed by atoms with E-state index in [4.69, 9.17) is 9.47 Å². The highest BCUT2D eigenvalue weighted by atomic mass is 16.5. The van der Waals surface area contributed by atoms with E-state index in [-0.39, 0.29) is 37.3 Å². The van der Waals surface area contributed by atoms with Gasteiger partial charge in [-0.1, -0.05) is 0 Å². The Morgan fingerprint density at radius 2 is 2.16 bits per heavy atom. The maximum atomic E-state index is 12.2. The van der Waals surface area contributed by atoms with Gasteiger partial charge in [0.05, 0.1) is 22.7 Å². The number of piperidine rings is 1. The summed E-state index contributed by atoms with van der Waals surface area (Å²) in [5.74, 6) is -0.909. The third-order valence-corrected chi connectivity index (χ3v) is 5.83. The molecule has 10 heteroatoms. The number of rotatable bonds is 6. The van der Waals surface area contributed by atoms with Crippen molar-refractivity contribution in [1.29, 1.82) is 0 Å². The van der Waals surface area contributed by atoms with Gasteiger partial charge in [-0.15, -0.1) is 0 Å². The van der Waals surface area contributed by atoms with Gasteiger partial charge in [0.15, 0.2) is 6.61 Å². The van der Waals surface area contributed by atoms with Crippen LogP contribution in [0.5, 0.6) is 5.75 Å². The number of benzene rings is 1. The van der Waals surface area contributed by atoms with Gasteiger partial charge in [-0.3, -0.25) is 24.4 Å². The highest BCUT2D eigenvalue weighted by Crippen LogP contribution is 2.31. The van der Waals surface area contributed by atoms with E-state index in [1.165, 1.54) is 0 Å². The number of aromatic nitrogens is 2. The zero-order valence-corrected chi connectivity index (χ0v) is 17.3. The summed E-state index contributed by atoms with van der Waals surface area (Å²) in [6.45, 7) is 0.938. The van der Waals surface area contributed by atoms with Gasteiger partial charge >= 0.3 is 0 Å². The Morgan fingerprint density at radius 1 is 1.39 bits per heavy atom. The molecular weight excluding hydrogens is 404 g/mol. The van der Waals surface area contributed by atoms with Gasteiger partial charge in [-0.25, -0.2) is 0 Å². The van der Waals surface area contributed by atoms with Crippen molar-refractivity contribution in [3.05, 3.63) is 23.9 Å². The highest BCUT2D eigenvalue weighted by molar-refractivity contribution is 6.02. The lowest BCUT2D eigenvalue weighted by Gasteiger charge is -2.32. The van der Waals surface area contributed by atoms with Gasteiger partial charge in [0, 0.05) is 57.5 Å². The normalized spacial score (nSPS) is 21.0. The molecule has 0 radical (unpaired) electrons. The second-order valence-corrected chi connectivity index (χ2v) is 8.09. The summed E-state index contributed by atoms with van der Waals surface area (Å²) in [6, 6.07) is 5.29. The molecule has 1 unspecified atom stereocenters. The third kappa shape index (κ3) is 4.70. The molecule has 1 aromatic carbocycles. The number of ether oxygens (including phenoxy) is 2. The molecule has 2 aromatic rings. The summed E-state index contributed by atoms with van der Waals surface area (Å²) < 4.78 is 12.5. The van der Waals surface area contributed by atoms with Crippen LogP contribution >= 0.6 is 0 Å². The first kappa shape index (κ1) is 21.3. The molecule has 2 saturated heterocycles. The number of carbonyl (C=O) groups is 3. The minimum atomic E-state index is -0.937. The van der Waals surface area contributed by atoms with Gasteiger partial charge in [0.1, 0.15) is 5.75 Å². The fraction of sp³-hybridized carbons (Fsp3) is 0.524. The van der Waals surface area contributed by atoms with E-state index in [1.54, 1.807) is 29.9 Å². The number of hydrogen-bond donors (Lipinski definition) is 3. The predicted octanol–water partition coefficient (Wildman–Crippen LogP) is 0.130. The smallest absolute Gasteiger partial charge is 0.258 e. The SMILES string of the molecule is Cn1nc(C2CCC(=O)NC2=O)c2ccc(OCC(=O)NCC3(O)CCOCC3)cc21. The monoisotopic (exact) mass is 430 g/mol. The molecule has 3 N–H and O–H groups in total. The Labute approximate surface area is 178 Å². The number of hydrogen-bond acceptors (Lipinski definition) is 7. The summed E-state index contributed by atoms with van der Waals surface area (Å²) >= 11 is 0. The zero-order valence-electron chi connectivity index (χ0n) is 17.3. The number of imide groups is 1. The highest BCUT2D eigenvalue weighted by Gasteiger charge is 2.32. The number of amides is 3. The molecular formula is C21H26N4O6. The molecule has 2 aliphatic heterocycles. The van der Waals surface area contributed by atoms with Gasteiger partial charge < -0.3 is 19.9 Å². The first-order valence-corrected chi connectivity index (χ1v) is 10.3. The molecule has 1 aromatic heterocycles. The van der Waals surface area contributed by atoms with E-state index >= 15 is 0 Å². The van der Waals surface area contributed by atoms with Crippen molar-refractivity contribution in [2.75, 3.05) is 26.4 Å². The Bertz CT molecular complexity index is 1010. The van der Waals surface area contributed by atoms with Crippen LogP contribution in [0.1, 0.15) is 37.3 Å². The lowest BCUT2D eigenvalue weighted by atomic mass is 9.93. The molecule has 2 fully saturated rings. The number of carbonyl (C=O) groups excluding carboxylic acids is 3. The van der Waals surface area contributed by atoms with Crippen molar-refractivity contribution in [3.63, 3.8) is 0 Å². The molecule has 4 rings (SSSR count). The van der Waals surface area contributed by atoms with E-state index in [0.717, 1.165) is 10.9 Å². The number of aryl methyl sites for hydroxylation is 1. The summed E-state index contributed by atoms with van der Waals surface area (Å²) in [5.41, 5.74) is 0.444. The van der Waals surface area contributed by atoms with Crippen molar-refractivity contribution < 1.29 is 29.0 Å². The molecule has 31 heavy (non-hydrogen) atoms. The Morgan fingerprint density at radius 3 is 2.90 bits per heavy atom. The molecule has 0 saturated carbocycles. The van der Waals surface area contributed by atoms with Crippen LogP contribution in [0.25, 0.3) is 10.9 Å². The predicted molar refractivity (Wildman–Crippen MR) is 109 cm³/mol. The molecule has 10 nitrogen and oxygen atoms in total. The fourth-order valence-electron chi connectivity index (χ4n) is 3.96. The Kier molecular flexibility index (Phi) is 5.92. The van der Waals surface area contributed by atoms with Crippen molar-refractivity contribution in [1.82, 2.24) is 20.4 Å². The van der Waals surface area contributed by atoms with Crippen LogP contribution in [-0.2, 0) is 26.2 Å². The van der Waals surface area contributed by atoms with Gasteiger partial charge in [0.2, 0.25) is 11.8 Å². The molecule has 3 heterocycles. The van der Waals surface area contributed by atoms with Crippen LogP contribution in [0.15, 0.2) is 18.2 Å². The second-order valence-electron chi connectivity index (χ2n) is 8.09.